The standard InChI is InChI=1S/C17H36N2OS.HI/c1-2-3-4-5-6-7-8-9-10-11-12-13-14-15-16-21-19-17(18)20;/h2-16H2,1H3,(H3,18,19,20);1H. The number of amides is 2. The third kappa shape index (κ3) is 22.8. The van der Waals surface area contributed by atoms with Gasteiger partial charge in [-0.1, -0.05) is 90.4 Å². The highest BCUT2D eigenvalue weighted by molar-refractivity contribution is 7.97. The molecule has 0 aromatic rings. The minimum absolute atomic E-state index is 0. The van der Waals surface area contributed by atoms with Crippen LogP contribution in [0.15, 0.2) is 0 Å². The minimum atomic E-state index is -0.189. The van der Waals surface area contributed by atoms with Gasteiger partial charge < -0.3 is 24.0 Å². The van der Waals surface area contributed by atoms with E-state index in [1.54, 1.807) is 0 Å². The van der Waals surface area contributed by atoms with Crippen LogP contribution in [-0.4, -0.2) is 11.8 Å². The van der Waals surface area contributed by atoms with Crippen LogP contribution in [0.5, 0.6) is 0 Å². The van der Waals surface area contributed by atoms with Crippen LogP contribution in [0.25, 0.3) is 0 Å². The van der Waals surface area contributed by atoms with Gasteiger partial charge in [0.2, 0.25) is 0 Å². The summed E-state index contributed by atoms with van der Waals surface area (Å²) in [6.45, 7) is 2.28. The Morgan fingerprint density at radius 1 is 0.773 bits per heavy atom. The second kappa shape index (κ2) is 21.5. The molecular formula is C17H37IN2OS. The molecule has 0 fully saturated rings. The van der Waals surface area contributed by atoms with E-state index >= 15 is 0 Å². The maximum absolute atomic E-state index is 10.5. The molecule has 0 aromatic carbocycles. The summed E-state index contributed by atoms with van der Waals surface area (Å²) in [4.78, 5) is 10.5. The number of hydrogen-bond acceptors (Lipinski definition) is 2. The van der Waals surface area contributed by atoms with Gasteiger partial charge in [0, 0.05) is 5.75 Å². The van der Waals surface area contributed by atoms with Crippen molar-refractivity contribution in [3.63, 3.8) is 0 Å². The first-order valence-corrected chi connectivity index (χ1v) is 9.99. The van der Waals surface area contributed by atoms with E-state index in [-0.39, 0.29) is 30.0 Å². The fraction of sp³-hybridized carbons (Fsp3) is 0.941. The van der Waals surface area contributed by atoms with E-state index in [0.29, 0.717) is 0 Å². The Kier molecular flexibility index (Phi) is 24.2. The number of nitrogens with one attached hydrogen (secondary N) is 1. The van der Waals surface area contributed by atoms with Crippen molar-refractivity contribution in [3.8, 4) is 0 Å². The number of carbonyl (C=O) groups is 1. The highest BCUT2D eigenvalue weighted by Gasteiger charge is 1.96. The predicted molar refractivity (Wildman–Crippen MR) is 94.2 cm³/mol. The molecule has 0 spiro atoms. The van der Waals surface area contributed by atoms with E-state index in [1.165, 1.54) is 102 Å². The van der Waals surface area contributed by atoms with Crippen LogP contribution in [0.4, 0.5) is 4.79 Å². The molecule has 0 aliphatic rings. The molecule has 0 unspecified atom stereocenters. The van der Waals surface area contributed by atoms with Crippen molar-refractivity contribution in [3.05, 3.63) is 0 Å². The average molecular weight is 444 g/mol. The normalized spacial score (nSPS) is 10.3. The fourth-order valence-electron chi connectivity index (χ4n) is 2.50. The molecule has 0 saturated heterocycles. The Balaban J connectivity index is 0. The van der Waals surface area contributed by atoms with Gasteiger partial charge in [-0.05, 0) is 18.4 Å². The molecule has 0 saturated carbocycles. The lowest BCUT2D eigenvalue weighted by molar-refractivity contribution is -0.247. The summed E-state index contributed by atoms with van der Waals surface area (Å²) in [5, 5.41) is 0. The van der Waals surface area contributed by atoms with Crippen molar-refractivity contribution in [1.29, 1.82) is 0 Å². The number of carbonyl (C=O) groups excluding carboxylic acids is 1. The molecule has 0 heterocycles. The first-order valence-electron chi connectivity index (χ1n) is 9.01. The number of unbranched alkanes of at least 4 members (excludes halogenated alkanes) is 13. The molecule has 0 aromatic heterocycles. The van der Waals surface area contributed by atoms with Gasteiger partial charge in [0.05, 0.1) is 0 Å². The van der Waals surface area contributed by atoms with Crippen molar-refractivity contribution < 1.29 is 34.5 Å². The lowest BCUT2D eigenvalue weighted by Crippen LogP contribution is -3.00. The summed E-state index contributed by atoms with van der Waals surface area (Å²) in [6, 6.07) is -0.189. The molecule has 0 radical (unpaired) electrons. The quantitative estimate of drug-likeness (QED) is 0.218. The van der Waals surface area contributed by atoms with Gasteiger partial charge in [-0.2, -0.15) is 0 Å². The summed E-state index contributed by atoms with van der Waals surface area (Å²) in [5.41, 5.74) is 3.27. The van der Waals surface area contributed by atoms with Gasteiger partial charge in [0.1, 0.15) is 0 Å². The van der Waals surface area contributed by atoms with Crippen LogP contribution < -0.4 is 34.4 Å². The van der Waals surface area contributed by atoms with Crippen LogP contribution in [0, 0.1) is 0 Å². The molecule has 0 bridgehead atoms. The van der Waals surface area contributed by atoms with Crippen molar-refractivity contribution in [2.75, 3.05) is 5.75 Å². The lowest BCUT2D eigenvalue weighted by Gasteiger charge is -2.03. The smallest absolute Gasteiger partial charge is 0.421 e. The number of quaternary nitrogens is 1. The van der Waals surface area contributed by atoms with E-state index in [1.807, 2.05) is 0 Å². The van der Waals surface area contributed by atoms with Gasteiger partial charge in [-0.3, -0.25) is 5.73 Å². The first kappa shape index (κ1) is 24.8. The van der Waals surface area contributed by atoms with Gasteiger partial charge in [0.25, 0.3) is 0 Å². The number of hydrogen-bond donors (Lipinski definition) is 2. The number of halogens is 1. The average Bonchev–Trinajstić information content (AvgIpc) is 2.46. The van der Waals surface area contributed by atoms with Crippen LogP contribution in [0.3, 0.4) is 0 Å². The minimum Gasteiger partial charge on any atom is -1.00 e. The monoisotopic (exact) mass is 444 g/mol. The second-order valence-electron chi connectivity index (χ2n) is 5.97. The third-order valence-corrected chi connectivity index (χ3v) is 4.65. The van der Waals surface area contributed by atoms with E-state index in [9.17, 15) is 4.79 Å². The van der Waals surface area contributed by atoms with Gasteiger partial charge in [-0.15, -0.1) is 0 Å². The zero-order valence-electron chi connectivity index (χ0n) is 14.5. The fourth-order valence-corrected chi connectivity index (χ4v) is 3.11. The molecule has 2 amide bonds. The highest BCUT2D eigenvalue weighted by atomic mass is 127. The maximum atomic E-state index is 10.5. The largest absolute Gasteiger partial charge is 1.00 e. The van der Waals surface area contributed by atoms with Crippen molar-refractivity contribution in [2.24, 2.45) is 0 Å². The van der Waals surface area contributed by atoms with Gasteiger partial charge in [0.15, 0.2) is 0 Å². The predicted octanol–water partition coefficient (Wildman–Crippen LogP) is 2.07. The van der Waals surface area contributed by atoms with Crippen LogP contribution in [-0.2, 0) is 0 Å². The van der Waals surface area contributed by atoms with Crippen LogP contribution >= 0.6 is 11.9 Å². The third-order valence-electron chi connectivity index (χ3n) is 3.79. The molecule has 22 heavy (non-hydrogen) atoms. The molecule has 0 aliphatic heterocycles. The van der Waals surface area contributed by atoms with Crippen molar-refractivity contribution >= 4 is 18.0 Å². The summed E-state index contributed by atoms with van der Waals surface area (Å²) >= 11 is 1.48. The summed E-state index contributed by atoms with van der Waals surface area (Å²) in [5.74, 6) is 1.01. The molecule has 134 valence electrons. The SMILES string of the molecule is CCCCCCCCCCCCCCCCSNC([NH3+])=O.[I-]. The second-order valence-corrected chi connectivity index (χ2v) is 6.87. The van der Waals surface area contributed by atoms with Crippen LogP contribution in [0.1, 0.15) is 96.8 Å². The molecule has 4 N–H and O–H groups in total. The molecule has 5 heteroatoms. The van der Waals surface area contributed by atoms with Crippen LogP contribution in [0.2, 0.25) is 0 Å². The summed E-state index contributed by atoms with van der Waals surface area (Å²) in [6.07, 6.45) is 19.4. The molecular weight excluding hydrogens is 407 g/mol. The Morgan fingerprint density at radius 2 is 1.14 bits per heavy atom. The topological polar surface area (TPSA) is 56.7 Å². The number of rotatable bonds is 16. The Morgan fingerprint density at radius 3 is 1.50 bits per heavy atom. The number of urea groups is 1. The van der Waals surface area contributed by atoms with Gasteiger partial charge in [-0.25, -0.2) is 9.52 Å². The molecule has 0 atom stereocenters. The Bertz CT molecular complexity index is 231. The Labute approximate surface area is 159 Å². The Hall–Kier alpha value is 0.510. The lowest BCUT2D eigenvalue weighted by atomic mass is 10.0. The molecule has 0 rings (SSSR count). The van der Waals surface area contributed by atoms with E-state index in [4.69, 9.17) is 0 Å². The zero-order chi connectivity index (χ0) is 15.6. The highest BCUT2D eigenvalue weighted by Crippen LogP contribution is 2.13. The van der Waals surface area contributed by atoms with Crippen molar-refractivity contribution in [2.45, 2.75) is 96.8 Å². The van der Waals surface area contributed by atoms with E-state index in [0.717, 1.165) is 5.75 Å². The summed E-state index contributed by atoms with van der Waals surface area (Å²) in [7, 11) is 0. The maximum Gasteiger partial charge on any atom is 0.421 e. The molecule has 0 aliphatic carbocycles. The van der Waals surface area contributed by atoms with Crippen molar-refractivity contribution in [1.82, 2.24) is 4.72 Å². The van der Waals surface area contributed by atoms with Gasteiger partial charge >= 0.3 is 6.03 Å². The summed E-state index contributed by atoms with van der Waals surface area (Å²) < 4.78 is 2.66. The molecule has 3 nitrogen and oxygen atoms in total. The first-order chi connectivity index (χ1) is 10.3. The van der Waals surface area contributed by atoms with E-state index < -0.39 is 0 Å². The van der Waals surface area contributed by atoms with E-state index in [2.05, 4.69) is 17.4 Å². The zero-order valence-corrected chi connectivity index (χ0v) is 17.5.